The van der Waals surface area contributed by atoms with Crippen LogP contribution in [0.25, 0.3) is 0 Å². The summed E-state index contributed by atoms with van der Waals surface area (Å²) < 4.78 is 19.1. The van der Waals surface area contributed by atoms with Crippen LogP contribution in [0.3, 0.4) is 0 Å². The molecule has 2 fully saturated rings. The van der Waals surface area contributed by atoms with Gasteiger partial charge in [0.1, 0.15) is 6.17 Å². The van der Waals surface area contributed by atoms with Gasteiger partial charge in [0.2, 0.25) is 0 Å². The predicted molar refractivity (Wildman–Crippen MR) is 61.0 cm³/mol. The van der Waals surface area contributed by atoms with Crippen molar-refractivity contribution >= 4 is 0 Å². The van der Waals surface area contributed by atoms with E-state index in [1.54, 1.807) is 0 Å². The summed E-state index contributed by atoms with van der Waals surface area (Å²) in [5, 5.41) is 3.42. The van der Waals surface area contributed by atoms with Crippen LogP contribution >= 0.6 is 0 Å². The molecule has 2 heterocycles. The van der Waals surface area contributed by atoms with Gasteiger partial charge in [0.25, 0.3) is 0 Å². The zero-order valence-electron chi connectivity index (χ0n) is 9.62. The quantitative estimate of drug-likeness (QED) is 0.690. The second-order valence-electron chi connectivity index (χ2n) is 5.30. The number of fused-ring (bicyclic) bond motifs is 1. The van der Waals surface area contributed by atoms with E-state index in [-0.39, 0.29) is 6.10 Å². The summed E-state index contributed by atoms with van der Waals surface area (Å²) in [5.41, 5.74) is 1.51. The highest BCUT2D eigenvalue weighted by molar-refractivity contribution is 5.16. The largest absolute Gasteiger partial charge is 0.377 e. The lowest BCUT2D eigenvalue weighted by Crippen LogP contribution is -2.33. The number of rotatable bonds is 1. The Morgan fingerprint density at radius 1 is 1.38 bits per heavy atom. The fraction of sp³-hybridized carbons (Fsp3) is 0.846. The van der Waals surface area contributed by atoms with Crippen LogP contribution < -0.4 is 5.32 Å². The van der Waals surface area contributed by atoms with E-state index >= 15 is 0 Å². The van der Waals surface area contributed by atoms with Gasteiger partial charge in [-0.15, -0.1) is 0 Å². The Balaban J connectivity index is 1.71. The van der Waals surface area contributed by atoms with Crippen LogP contribution in [0.15, 0.2) is 11.6 Å². The van der Waals surface area contributed by atoms with Gasteiger partial charge in [0.05, 0.1) is 12.7 Å². The number of halogens is 1. The predicted octanol–water partition coefficient (Wildman–Crippen LogP) is 2.06. The van der Waals surface area contributed by atoms with E-state index in [4.69, 9.17) is 4.74 Å². The molecule has 1 saturated carbocycles. The number of ether oxygens (including phenoxy) is 1. The van der Waals surface area contributed by atoms with Crippen molar-refractivity contribution in [2.24, 2.45) is 11.8 Å². The van der Waals surface area contributed by atoms with Gasteiger partial charge in [0.15, 0.2) is 0 Å². The van der Waals surface area contributed by atoms with Crippen molar-refractivity contribution in [2.75, 3.05) is 19.7 Å². The minimum absolute atomic E-state index is 0.191. The molecule has 0 aromatic heterocycles. The van der Waals surface area contributed by atoms with E-state index in [1.807, 2.05) is 0 Å². The van der Waals surface area contributed by atoms with E-state index in [0.29, 0.717) is 18.3 Å². The molecule has 3 unspecified atom stereocenters. The Morgan fingerprint density at radius 2 is 2.31 bits per heavy atom. The summed E-state index contributed by atoms with van der Waals surface area (Å²) in [7, 11) is 0. The van der Waals surface area contributed by atoms with E-state index in [0.717, 1.165) is 39.0 Å². The molecule has 16 heavy (non-hydrogen) atoms. The number of hydrogen-bond donors (Lipinski definition) is 1. The molecule has 0 amide bonds. The van der Waals surface area contributed by atoms with Crippen molar-refractivity contribution in [3.63, 3.8) is 0 Å². The zero-order chi connectivity index (χ0) is 11.0. The summed E-state index contributed by atoms with van der Waals surface area (Å²) in [5.74, 6) is 1.14. The number of nitrogens with one attached hydrogen (secondary N) is 1. The average Bonchev–Trinajstić information content (AvgIpc) is 2.73. The highest BCUT2D eigenvalue weighted by atomic mass is 19.1. The molecule has 0 radical (unpaired) electrons. The van der Waals surface area contributed by atoms with Crippen molar-refractivity contribution in [3.05, 3.63) is 11.6 Å². The van der Waals surface area contributed by atoms with E-state index in [1.165, 1.54) is 5.57 Å². The summed E-state index contributed by atoms with van der Waals surface area (Å²) in [6.45, 7) is 2.92. The molecule has 2 nitrogen and oxygen atoms in total. The van der Waals surface area contributed by atoms with Gasteiger partial charge in [-0.05, 0) is 31.7 Å². The van der Waals surface area contributed by atoms with Crippen molar-refractivity contribution in [3.8, 4) is 0 Å². The van der Waals surface area contributed by atoms with E-state index in [2.05, 4.69) is 11.4 Å². The maximum atomic E-state index is 13.3. The molecule has 0 spiro atoms. The van der Waals surface area contributed by atoms with E-state index in [9.17, 15) is 4.39 Å². The minimum atomic E-state index is -0.626. The molecule has 0 aromatic rings. The fourth-order valence-electron chi connectivity index (χ4n) is 3.44. The molecule has 0 aromatic carbocycles. The lowest BCUT2D eigenvalue weighted by atomic mass is 9.76. The van der Waals surface area contributed by atoms with Crippen molar-refractivity contribution < 1.29 is 9.13 Å². The molecule has 1 aliphatic carbocycles. The number of alkyl halides is 1. The molecule has 3 heteroatoms. The Bertz CT molecular complexity index is 292. The molecule has 3 aliphatic rings. The normalized spacial score (nSPS) is 43.9. The third-order valence-electron chi connectivity index (χ3n) is 4.32. The van der Waals surface area contributed by atoms with Gasteiger partial charge < -0.3 is 10.1 Å². The zero-order valence-corrected chi connectivity index (χ0v) is 9.62. The van der Waals surface area contributed by atoms with E-state index < -0.39 is 6.17 Å². The van der Waals surface area contributed by atoms with Crippen molar-refractivity contribution in [1.29, 1.82) is 0 Å². The molecule has 4 atom stereocenters. The van der Waals surface area contributed by atoms with Crippen molar-refractivity contribution in [1.82, 2.24) is 5.32 Å². The summed E-state index contributed by atoms with van der Waals surface area (Å²) >= 11 is 0. The van der Waals surface area contributed by atoms with Gasteiger partial charge in [-0.2, -0.15) is 0 Å². The fourth-order valence-corrected chi connectivity index (χ4v) is 3.44. The highest BCUT2D eigenvalue weighted by Gasteiger charge is 2.42. The molecule has 90 valence electrons. The van der Waals surface area contributed by atoms with Gasteiger partial charge in [-0.3, -0.25) is 0 Å². The van der Waals surface area contributed by atoms with Crippen LogP contribution in [0.5, 0.6) is 0 Å². The maximum Gasteiger partial charge on any atom is 0.103 e. The van der Waals surface area contributed by atoms with Crippen LogP contribution in [0, 0.1) is 11.8 Å². The van der Waals surface area contributed by atoms with Gasteiger partial charge >= 0.3 is 0 Å². The minimum Gasteiger partial charge on any atom is -0.377 e. The molecule has 1 N–H and O–H groups in total. The monoisotopic (exact) mass is 225 g/mol. The lowest BCUT2D eigenvalue weighted by molar-refractivity contribution is 0.0357. The van der Waals surface area contributed by atoms with Gasteiger partial charge in [-0.25, -0.2) is 4.39 Å². The van der Waals surface area contributed by atoms with Gasteiger partial charge in [0, 0.05) is 18.9 Å². The first-order valence-electron chi connectivity index (χ1n) is 6.50. The second kappa shape index (κ2) is 4.46. The first-order chi connectivity index (χ1) is 7.84. The molecule has 1 saturated heterocycles. The van der Waals surface area contributed by atoms with Crippen LogP contribution in [-0.2, 0) is 4.74 Å². The molecular weight excluding hydrogens is 205 g/mol. The van der Waals surface area contributed by atoms with Gasteiger partial charge in [-0.1, -0.05) is 11.6 Å². The Hall–Kier alpha value is -0.410. The third kappa shape index (κ3) is 1.91. The average molecular weight is 225 g/mol. The first-order valence-corrected chi connectivity index (χ1v) is 6.50. The SMILES string of the molecule is FC1CCC2C(C1)OC[C@@H]2C1=CCCNC1. The standard InChI is InChI=1S/C13H20FNO/c14-10-3-4-11-12(8-16-13(11)6-10)9-2-1-5-15-7-9/h2,10-13,15H,1,3-8H2/t10?,11?,12-,13?/m1/s1. The lowest BCUT2D eigenvalue weighted by Gasteiger charge is -2.31. The first kappa shape index (κ1) is 10.7. The van der Waals surface area contributed by atoms with Crippen molar-refractivity contribution in [2.45, 2.75) is 38.0 Å². The molecule has 2 aliphatic heterocycles. The third-order valence-corrected chi connectivity index (χ3v) is 4.32. The van der Waals surface area contributed by atoms with Crippen LogP contribution in [-0.4, -0.2) is 32.0 Å². The Morgan fingerprint density at radius 3 is 3.12 bits per heavy atom. The molecule has 0 bridgehead atoms. The Kier molecular flexibility index (Phi) is 2.99. The summed E-state index contributed by atoms with van der Waals surface area (Å²) in [6, 6.07) is 0. The van der Waals surface area contributed by atoms with Crippen LogP contribution in [0.2, 0.25) is 0 Å². The summed E-state index contributed by atoms with van der Waals surface area (Å²) in [4.78, 5) is 0. The Labute approximate surface area is 96.2 Å². The molecular formula is C13H20FNO. The molecule has 3 rings (SSSR count). The van der Waals surface area contributed by atoms with Crippen LogP contribution in [0.4, 0.5) is 4.39 Å². The topological polar surface area (TPSA) is 21.3 Å². The maximum absolute atomic E-state index is 13.3. The second-order valence-corrected chi connectivity index (χ2v) is 5.30. The number of hydrogen-bond acceptors (Lipinski definition) is 2. The van der Waals surface area contributed by atoms with Crippen LogP contribution in [0.1, 0.15) is 25.7 Å². The smallest absolute Gasteiger partial charge is 0.103 e. The summed E-state index contributed by atoms with van der Waals surface area (Å²) in [6.07, 6.45) is 5.44. The highest BCUT2D eigenvalue weighted by Crippen LogP contribution is 2.42.